The Labute approximate surface area is 173 Å². The standard InChI is InChI=1S/C22H29N3O3S/c1-17-15-28-13-12-25(17)21-14-19(16-29(26,27)20-10-6-3-7-11-20)23-22(24-21)18-8-4-2-5-9-18/h2,4-5,8-9,14,17,20H,3,6-7,10-13,15-16H2,1H3/t17-/m0/s1. The number of hydrogen-bond acceptors (Lipinski definition) is 6. The van der Waals surface area contributed by atoms with E-state index < -0.39 is 9.84 Å². The van der Waals surface area contributed by atoms with Crippen LogP contribution < -0.4 is 4.90 Å². The minimum Gasteiger partial charge on any atom is -0.377 e. The second-order valence-corrected chi connectivity index (χ2v) is 10.4. The highest BCUT2D eigenvalue weighted by Gasteiger charge is 2.29. The molecule has 29 heavy (non-hydrogen) atoms. The molecule has 1 saturated heterocycles. The summed E-state index contributed by atoms with van der Waals surface area (Å²) in [4.78, 5) is 11.6. The van der Waals surface area contributed by atoms with Crippen LogP contribution in [0.25, 0.3) is 11.4 Å². The fraction of sp³-hybridized carbons (Fsp3) is 0.545. The molecule has 1 aromatic heterocycles. The molecule has 0 bridgehead atoms. The number of morpholine rings is 1. The number of benzene rings is 1. The van der Waals surface area contributed by atoms with E-state index in [1.807, 2.05) is 36.4 Å². The molecule has 0 radical (unpaired) electrons. The average molecular weight is 416 g/mol. The molecule has 1 aliphatic heterocycles. The molecule has 1 aromatic carbocycles. The van der Waals surface area contributed by atoms with E-state index in [1.165, 1.54) is 0 Å². The van der Waals surface area contributed by atoms with Gasteiger partial charge in [0.15, 0.2) is 15.7 Å². The molecular weight excluding hydrogens is 386 g/mol. The number of hydrogen-bond donors (Lipinski definition) is 0. The maximum absolute atomic E-state index is 13.1. The molecule has 156 valence electrons. The largest absolute Gasteiger partial charge is 0.377 e. The lowest BCUT2D eigenvalue weighted by Gasteiger charge is -2.34. The van der Waals surface area contributed by atoms with Crippen LogP contribution in [0.2, 0.25) is 0 Å². The topological polar surface area (TPSA) is 72.4 Å². The smallest absolute Gasteiger partial charge is 0.161 e. The van der Waals surface area contributed by atoms with E-state index in [9.17, 15) is 8.42 Å². The second-order valence-electron chi connectivity index (χ2n) is 8.09. The van der Waals surface area contributed by atoms with Crippen LogP contribution in [0.4, 0.5) is 5.82 Å². The lowest BCUT2D eigenvalue weighted by molar-refractivity contribution is 0.0985. The van der Waals surface area contributed by atoms with Gasteiger partial charge in [-0.1, -0.05) is 49.6 Å². The first-order valence-corrected chi connectivity index (χ1v) is 12.2. The Morgan fingerprint density at radius 3 is 2.59 bits per heavy atom. The molecule has 2 fully saturated rings. The van der Waals surface area contributed by atoms with Crippen molar-refractivity contribution < 1.29 is 13.2 Å². The molecule has 2 heterocycles. The van der Waals surface area contributed by atoms with Crippen LogP contribution >= 0.6 is 0 Å². The van der Waals surface area contributed by atoms with E-state index in [0.29, 0.717) is 24.7 Å². The van der Waals surface area contributed by atoms with Crippen molar-refractivity contribution >= 4 is 15.7 Å². The fourth-order valence-corrected chi connectivity index (χ4v) is 6.08. The fourth-order valence-electron chi connectivity index (χ4n) is 4.24. The highest BCUT2D eigenvalue weighted by atomic mass is 32.2. The van der Waals surface area contributed by atoms with Crippen molar-refractivity contribution in [3.05, 3.63) is 42.1 Å². The van der Waals surface area contributed by atoms with E-state index >= 15 is 0 Å². The zero-order valence-corrected chi connectivity index (χ0v) is 17.8. The van der Waals surface area contributed by atoms with Crippen LogP contribution in [0.5, 0.6) is 0 Å². The number of anilines is 1. The Bertz CT molecular complexity index is 928. The molecule has 1 atom stereocenters. The highest BCUT2D eigenvalue weighted by Crippen LogP contribution is 2.28. The van der Waals surface area contributed by atoms with Crippen LogP contribution in [-0.4, -0.2) is 49.4 Å². The zero-order chi connectivity index (χ0) is 20.3. The van der Waals surface area contributed by atoms with Crippen LogP contribution in [-0.2, 0) is 20.3 Å². The molecule has 4 rings (SSSR count). The highest BCUT2D eigenvalue weighted by molar-refractivity contribution is 7.91. The van der Waals surface area contributed by atoms with Gasteiger partial charge >= 0.3 is 0 Å². The summed E-state index contributed by atoms with van der Waals surface area (Å²) >= 11 is 0. The second kappa shape index (κ2) is 8.79. The lowest BCUT2D eigenvalue weighted by atomic mass is 10.0. The maximum atomic E-state index is 13.1. The van der Waals surface area contributed by atoms with E-state index in [1.54, 1.807) is 0 Å². The summed E-state index contributed by atoms with van der Waals surface area (Å²) in [5.41, 5.74) is 1.48. The molecule has 1 saturated carbocycles. The third-order valence-electron chi connectivity index (χ3n) is 5.87. The third-order valence-corrected chi connectivity index (χ3v) is 8.05. The summed E-state index contributed by atoms with van der Waals surface area (Å²) in [5, 5.41) is -0.239. The Hall–Kier alpha value is -1.99. The van der Waals surface area contributed by atoms with Gasteiger partial charge in [0.25, 0.3) is 0 Å². The van der Waals surface area contributed by atoms with Crippen LogP contribution in [0.1, 0.15) is 44.7 Å². The van der Waals surface area contributed by atoms with Crippen molar-refractivity contribution in [3.63, 3.8) is 0 Å². The van der Waals surface area contributed by atoms with Gasteiger partial charge in [0.05, 0.1) is 36.0 Å². The third kappa shape index (κ3) is 4.78. The molecule has 2 aromatic rings. The Morgan fingerprint density at radius 1 is 1.10 bits per heavy atom. The van der Waals surface area contributed by atoms with Gasteiger partial charge in [-0.3, -0.25) is 0 Å². The van der Waals surface area contributed by atoms with E-state index in [2.05, 4.69) is 16.8 Å². The molecule has 7 heteroatoms. The van der Waals surface area contributed by atoms with E-state index in [-0.39, 0.29) is 17.0 Å². The van der Waals surface area contributed by atoms with Gasteiger partial charge in [0.2, 0.25) is 0 Å². The van der Waals surface area contributed by atoms with Crippen LogP contribution in [0.3, 0.4) is 0 Å². The molecule has 0 unspecified atom stereocenters. The van der Waals surface area contributed by atoms with Gasteiger partial charge in [-0.2, -0.15) is 0 Å². The Kier molecular flexibility index (Phi) is 6.15. The summed E-state index contributed by atoms with van der Waals surface area (Å²) in [6, 6.07) is 11.8. The molecule has 0 spiro atoms. The lowest BCUT2D eigenvalue weighted by Crippen LogP contribution is -2.44. The minimum absolute atomic E-state index is 0.0221. The van der Waals surface area contributed by atoms with Crippen molar-refractivity contribution in [2.24, 2.45) is 0 Å². The average Bonchev–Trinajstić information content (AvgIpc) is 2.75. The molecular formula is C22H29N3O3S. The van der Waals surface area contributed by atoms with Crippen molar-refractivity contribution in [1.82, 2.24) is 9.97 Å². The zero-order valence-electron chi connectivity index (χ0n) is 17.0. The molecule has 2 aliphatic rings. The number of ether oxygens (including phenoxy) is 1. The van der Waals surface area contributed by atoms with Crippen molar-refractivity contribution in [2.45, 2.75) is 56.1 Å². The minimum atomic E-state index is -3.23. The Morgan fingerprint density at radius 2 is 1.86 bits per heavy atom. The number of rotatable bonds is 5. The first kappa shape index (κ1) is 20.3. The maximum Gasteiger partial charge on any atom is 0.161 e. The van der Waals surface area contributed by atoms with Gasteiger partial charge < -0.3 is 9.64 Å². The van der Waals surface area contributed by atoms with Gasteiger partial charge in [-0.25, -0.2) is 18.4 Å². The first-order valence-electron chi connectivity index (χ1n) is 10.5. The van der Waals surface area contributed by atoms with E-state index in [4.69, 9.17) is 9.72 Å². The van der Waals surface area contributed by atoms with Crippen LogP contribution in [0, 0.1) is 0 Å². The Balaban J connectivity index is 1.69. The number of aromatic nitrogens is 2. The van der Waals surface area contributed by atoms with Gasteiger partial charge in [0.1, 0.15) is 5.82 Å². The molecule has 6 nitrogen and oxygen atoms in total. The molecule has 1 aliphatic carbocycles. The number of nitrogens with zero attached hydrogens (tertiary/aromatic N) is 3. The molecule has 0 amide bonds. The number of sulfone groups is 1. The predicted molar refractivity (Wildman–Crippen MR) is 115 cm³/mol. The van der Waals surface area contributed by atoms with Gasteiger partial charge in [-0.15, -0.1) is 0 Å². The summed E-state index contributed by atoms with van der Waals surface area (Å²) in [6.07, 6.45) is 4.67. The predicted octanol–water partition coefficient (Wildman–Crippen LogP) is 3.62. The SMILES string of the molecule is C[C@H]1COCCN1c1cc(CS(=O)(=O)C2CCCCC2)nc(-c2ccccc2)n1. The summed E-state index contributed by atoms with van der Waals surface area (Å²) in [5.74, 6) is 1.34. The van der Waals surface area contributed by atoms with Gasteiger partial charge in [-0.05, 0) is 19.8 Å². The summed E-state index contributed by atoms with van der Waals surface area (Å²) in [7, 11) is -3.23. The summed E-state index contributed by atoms with van der Waals surface area (Å²) in [6.45, 7) is 4.12. The summed E-state index contributed by atoms with van der Waals surface area (Å²) < 4.78 is 31.7. The normalized spacial score (nSPS) is 21.3. The first-order chi connectivity index (χ1) is 14.0. The van der Waals surface area contributed by atoms with Gasteiger partial charge in [0, 0.05) is 18.2 Å². The van der Waals surface area contributed by atoms with Crippen LogP contribution in [0.15, 0.2) is 36.4 Å². The quantitative estimate of drug-likeness (QED) is 0.743. The monoisotopic (exact) mass is 415 g/mol. The van der Waals surface area contributed by atoms with E-state index in [0.717, 1.165) is 50.0 Å². The van der Waals surface area contributed by atoms with Crippen molar-refractivity contribution in [3.8, 4) is 11.4 Å². The van der Waals surface area contributed by atoms with Crippen molar-refractivity contribution in [1.29, 1.82) is 0 Å². The van der Waals surface area contributed by atoms with Crippen molar-refractivity contribution in [2.75, 3.05) is 24.7 Å². The molecule has 0 N–H and O–H groups in total.